The Hall–Kier alpha value is -1.07. The fraction of sp³-hybridized carbons (Fsp3) is 0.133. The third-order valence-corrected chi connectivity index (χ3v) is 4.28. The minimum Gasteiger partial charge on any atom is -0.338 e. The van der Waals surface area contributed by atoms with Crippen LogP contribution in [0.4, 0.5) is 0 Å². The van der Waals surface area contributed by atoms with Crippen molar-refractivity contribution >= 4 is 45.2 Å². The molecule has 19 heavy (non-hydrogen) atoms. The van der Waals surface area contributed by atoms with Gasteiger partial charge in [-0.2, -0.15) is 0 Å². The number of halogens is 2. The molecule has 0 unspecified atom stereocenters. The molecule has 0 bridgehead atoms. The van der Waals surface area contributed by atoms with Crippen LogP contribution in [0.25, 0.3) is 22.4 Å². The quantitative estimate of drug-likeness (QED) is 0.583. The molecule has 3 aromatic rings. The minimum absolute atomic E-state index is 0.726. The Bertz CT molecular complexity index is 777. The molecular weight excluding hydrogens is 371 g/mol. The van der Waals surface area contributed by atoms with E-state index in [4.69, 9.17) is 16.6 Å². The summed E-state index contributed by atoms with van der Waals surface area (Å²) >= 11 is 8.38. The fourth-order valence-electron chi connectivity index (χ4n) is 2.28. The van der Waals surface area contributed by atoms with Crippen molar-refractivity contribution < 1.29 is 0 Å². The zero-order valence-corrected chi connectivity index (χ0v) is 13.5. The molecular formula is C15H12ClIN2. The first kappa shape index (κ1) is 12.9. The van der Waals surface area contributed by atoms with E-state index in [1.165, 1.54) is 11.1 Å². The summed E-state index contributed by atoms with van der Waals surface area (Å²) in [6.07, 6.45) is 0. The lowest BCUT2D eigenvalue weighted by molar-refractivity contribution is 1.32. The van der Waals surface area contributed by atoms with Crippen molar-refractivity contribution in [2.24, 2.45) is 0 Å². The van der Waals surface area contributed by atoms with E-state index in [-0.39, 0.29) is 0 Å². The topological polar surface area (TPSA) is 28.7 Å². The Labute approximate surface area is 130 Å². The van der Waals surface area contributed by atoms with Crippen LogP contribution in [-0.4, -0.2) is 9.97 Å². The first-order valence-electron chi connectivity index (χ1n) is 5.97. The van der Waals surface area contributed by atoms with Gasteiger partial charge in [0.15, 0.2) is 0 Å². The molecule has 0 radical (unpaired) electrons. The summed E-state index contributed by atoms with van der Waals surface area (Å²) in [5.41, 5.74) is 5.57. The van der Waals surface area contributed by atoms with Crippen molar-refractivity contribution in [1.29, 1.82) is 0 Å². The van der Waals surface area contributed by atoms with E-state index in [1.807, 2.05) is 18.2 Å². The highest BCUT2D eigenvalue weighted by molar-refractivity contribution is 14.1. The Morgan fingerprint density at radius 3 is 2.74 bits per heavy atom. The van der Waals surface area contributed by atoms with E-state index < -0.39 is 0 Å². The van der Waals surface area contributed by atoms with Crippen LogP contribution in [0, 0.1) is 17.4 Å². The Morgan fingerprint density at radius 2 is 1.95 bits per heavy atom. The van der Waals surface area contributed by atoms with Gasteiger partial charge in [0.25, 0.3) is 0 Å². The van der Waals surface area contributed by atoms with Gasteiger partial charge in [-0.3, -0.25) is 0 Å². The number of aromatic nitrogens is 2. The summed E-state index contributed by atoms with van der Waals surface area (Å²) in [5.74, 6) is 0.871. The van der Waals surface area contributed by atoms with E-state index in [0.717, 1.165) is 31.0 Å². The van der Waals surface area contributed by atoms with Crippen LogP contribution in [0.2, 0.25) is 5.02 Å². The SMILES string of the molecule is Cc1cc(C)c2nc(-c3cc(Cl)ccc3I)[nH]c2c1. The molecule has 0 aliphatic heterocycles. The van der Waals surface area contributed by atoms with Gasteiger partial charge >= 0.3 is 0 Å². The summed E-state index contributed by atoms with van der Waals surface area (Å²) in [5, 5.41) is 0.726. The van der Waals surface area contributed by atoms with Crippen LogP contribution in [0.1, 0.15) is 11.1 Å². The number of hydrogen-bond acceptors (Lipinski definition) is 1. The molecule has 0 saturated carbocycles. The van der Waals surface area contributed by atoms with Crippen molar-refractivity contribution in [3.63, 3.8) is 0 Å². The second kappa shape index (κ2) is 4.80. The standard InChI is InChI=1S/C15H12ClIN2/c1-8-5-9(2)14-13(6-8)18-15(19-14)11-7-10(16)3-4-12(11)17/h3-7H,1-2H3,(H,18,19). The number of hydrogen-bond donors (Lipinski definition) is 1. The van der Waals surface area contributed by atoms with Gasteiger partial charge < -0.3 is 4.98 Å². The lowest BCUT2D eigenvalue weighted by Gasteiger charge is -2.01. The van der Waals surface area contributed by atoms with Crippen molar-refractivity contribution in [2.75, 3.05) is 0 Å². The summed E-state index contributed by atoms with van der Waals surface area (Å²) in [7, 11) is 0. The van der Waals surface area contributed by atoms with Crippen LogP contribution >= 0.6 is 34.2 Å². The molecule has 0 saturated heterocycles. The van der Waals surface area contributed by atoms with Crippen LogP contribution < -0.4 is 0 Å². The molecule has 4 heteroatoms. The van der Waals surface area contributed by atoms with E-state index in [0.29, 0.717) is 0 Å². The highest BCUT2D eigenvalue weighted by atomic mass is 127. The predicted molar refractivity (Wildman–Crippen MR) is 88.7 cm³/mol. The van der Waals surface area contributed by atoms with Gasteiger partial charge in [-0.1, -0.05) is 17.7 Å². The molecule has 3 rings (SSSR count). The number of H-pyrrole nitrogens is 1. The maximum absolute atomic E-state index is 6.08. The van der Waals surface area contributed by atoms with Crippen molar-refractivity contribution in [3.8, 4) is 11.4 Å². The molecule has 0 fully saturated rings. The number of nitrogens with one attached hydrogen (secondary N) is 1. The molecule has 96 valence electrons. The monoisotopic (exact) mass is 382 g/mol. The van der Waals surface area contributed by atoms with Crippen LogP contribution in [0.5, 0.6) is 0 Å². The number of nitrogens with zero attached hydrogens (tertiary/aromatic N) is 1. The van der Waals surface area contributed by atoms with Gasteiger partial charge in [0, 0.05) is 14.2 Å². The first-order valence-corrected chi connectivity index (χ1v) is 7.42. The molecule has 1 heterocycles. The first-order chi connectivity index (χ1) is 9.04. The van der Waals surface area contributed by atoms with E-state index >= 15 is 0 Å². The van der Waals surface area contributed by atoms with Gasteiger partial charge in [-0.15, -0.1) is 0 Å². The summed E-state index contributed by atoms with van der Waals surface area (Å²) in [6.45, 7) is 4.18. The van der Waals surface area contributed by atoms with E-state index in [2.05, 4.69) is 53.6 Å². The smallest absolute Gasteiger partial charge is 0.139 e. The van der Waals surface area contributed by atoms with Gasteiger partial charge in [0.05, 0.1) is 11.0 Å². The Balaban J connectivity index is 2.26. The van der Waals surface area contributed by atoms with Crippen LogP contribution in [-0.2, 0) is 0 Å². The fourth-order valence-corrected chi connectivity index (χ4v) is 3.04. The lowest BCUT2D eigenvalue weighted by atomic mass is 10.1. The zero-order valence-electron chi connectivity index (χ0n) is 10.6. The largest absolute Gasteiger partial charge is 0.338 e. The summed E-state index contributed by atoms with van der Waals surface area (Å²) < 4.78 is 1.13. The normalized spacial score (nSPS) is 11.2. The number of aromatic amines is 1. The molecule has 2 aromatic carbocycles. The number of rotatable bonds is 1. The molecule has 0 aliphatic carbocycles. The van der Waals surface area contributed by atoms with Crippen LogP contribution in [0.3, 0.4) is 0 Å². The molecule has 0 atom stereocenters. The van der Waals surface area contributed by atoms with Gasteiger partial charge in [-0.05, 0) is 71.8 Å². The summed E-state index contributed by atoms with van der Waals surface area (Å²) in [6, 6.07) is 10.1. The second-order valence-corrected chi connectivity index (χ2v) is 6.29. The van der Waals surface area contributed by atoms with Crippen molar-refractivity contribution in [1.82, 2.24) is 9.97 Å². The third kappa shape index (κ3) is 2.37. The van der Waals surface area contributed by atoms with Crippen LogP contribution in [0.15, 0.2) is 30.3 Å². The molecule has 1 N–H and O–H groups in total. The highest BCUT2D eigenvalue weighted by Gasteiger charge is 2.11. The predicted octanol–water partition coefficient (Wildman–Crippen LogP) is 5.10. The maximum atomic E-state index is 6.08. The Morgan fingerprint density at radius 1 is 1.16 bits per heavy atom. The molecule has 0 aliphatic rings. The second-order valence-electron chi connectivity index (χ2n) is 4.69. The molecule has 2 nitrogen and oxygen atoms in total. The number of benzene rings is 2. The molecule has 0 spiro atoms. The average Bonchev–Trinajstić information content (AvgIpc) is 2.76. The minimum atomic E-state index is 0.726. The highest BCUT2D eigenvalue weighted by Crippen LogP contribution is 2.29. The number of fused-ring (bicyclic) bond motifs is 1. The lowest BCUT2D eigenvalue weighted by Crippen LogP contribution is -1.85. The van der Waals surface area contributed by atoms with Crippen molar-refractivity contribution in [2.45, 2.75) is 13.8 Å². The molecule has 1 aromatic heterocycles. The van der Waals surface area contributed by atoms with E-state index in [9.17, 15) is 0 Å². The van der Waals surface area contributed by atoms with Crippen molar-refractivity contribution in [3.05, 3.63) is 50.1 Å². The zero-order chi connectivity index (χ0) is 13.6. The van der Waals surface area contributed by atoms with E-state index in [1.54, 1.807) is 0 Å². The average molecular weight is 383 g/mol. The van der Waals surface area contributed by atoms with Gasteiger partial charge in [0.1, 0.15) is 5.82 Å². The summed E-state index contributed by atoms with van der Waals surface area (Å²) in [4.78, 5) is 8.09. The number of imidazole rings is 1. The third-order valence-electron chi connectivity index (χ3n) is 3.11. The van der Waals surface area contributed by atoms with Gasteiger partial charge in [-0.25, -0.2) is 4.98 Å². The number of aryl methyl sites for hydroxylation is 2. The maximum Gasteiger partial charge on any atom is 0.139 e. The van der Waals surface area contributed by atoms with Gasteiger partial charge in [0.2, 0.25) is 0 Å². The Kier molecular flexibility index (Phi) is 3.27. The molecule has 0 amide bonds.